The molecule has 1 saturated heterocycles. The third-order valence-corrected chi connectivity index (χ3v) is 4.06. The van der Waals surface area contributed by atoms with Gasteiger partial charge in [0.2, 0.25) is 0 Å². The minimum atomic E-state index is 0.421. The fourth-order valence-electron chi connectivity index (χ4n) is 2.86. The summed E-state index contributed by atoms with van der Waals surface area (Å²) in [6.45, 7) is 8.77. The highest BCUT2D eigenvalue weighted by Crippen LogP contribution is 2.17. The Morgan fingerprint density at radius 3 is 2.55 bits per heavy atom. The van der Waals surface area contributed by atoms with Crippen molar-refractivity contribution in [2.45, 2.75) is 58.6 Å². The molecule has 0 amide bonds. The molecular weight excluding hydrogens is 246 g/mol. The summed E-state index contributed by atoms with van der Waals surface area (Å²) in [6.07, 6.45) is 5.26. The van der Waals surface area contributed by atoms with Crippen LogP contribution in [0.15, 0.2) is 24.3 Å². The lowest BCUT2D eigenvalue weighted by Gasteiger charge is -2.16. The second kappa shape index (κ2) is 7.80. The van der Waals surface area contributed by atoms with Crippen LogP contribution in [0.25, 0.3) is 0 Å². The maximum atomic E-state index is 5.65. The van der Waals surface area contributed by atoms with Crippen LogP contribution >= 0.6 is 0 Å². The molecule has 1 aliphatic rings. The molecule has 0 aliphatic carbocycles. The number of nitrogens with one attached hydrogen (secondary N) is 1. The number of hydrogen-bond donors (Lipinski definition) is 1. The second-order valence-electron chi connectivity index (χ2n) is 6.44. The van der Waals surface area contributed by atoms with Crippen LogP contribution in [-0.2, 0) is 11.2 Å². The van der Waals surface area contributed by atoms with E-state index in [9.17, 15) is 0 Å². The molecule has 112 valence electrons. The zero-order valence-corrected chi connectivity index (χ0v) is 13.2. The second-order valence-corrected chi connectivity index (χ2v) is 6.44. The maximum absolute atomic E-state index is 5.65. The molecule has 0 bridgehead atoms. The predicted octanol–water partition coefficient (Wildman–Crippen LogP) is 4.10. The quantitative estimate of drug-likeness (QED) is 0.808. The van der Waals surface area contributed by atoms with Crippen molar-refractivity contribution in [3.05, 3.63) is 35.4 Å². The number of rotatable bonds is 7. The normalized spacial score (nSPS) is 20.5. The van der Waals surface area contributed by atoms with Crippen LogP contribution in [0, 0.1) is 5.92 Å². The van der Waals surface area contributed by atoms with E-state index in [0.29, 0.717) is 12.1 Å². The molecule has 2 nitrogen and oxygen atoms in total. The summed E-state index contributed by atoms with van der Waals surface area (Å²) < 4.78 is 5.65. The summed E-state index contributed by atoms with van der Waals surface area (Å²) in [5.41, 5.74) is 2.82. The number of ether oxygens (including phenoxy) is 1. The Morgan fingerprint density at radius 2 is 1.95 bits per heavy atom. The molecule has 0 spiro atoms. The van der Waals surface area contributed by atoms with Crippen molar-refractivity contribution >= 4 is 0 Å². The first-order chi connectivity index (χ1) is 9.65. The van der Waals surface area contributed by atoms with Gasteiger partial charge >= 0.3 is 0 Å². The van der Waals surface area contributed by atoms with Crippen molar-refractivity contribution in [3.63, 3.8) is 0 Å². The Morgan fingerprint density at radius 1 is 1.20 bits per heavy atom. The average Bonchev–Trinajstić information content (AvgIpc) is 2.92. The molecule has 2 rings (SSSR count). The van der Waals surface area contributed by atoms with Crippen LogP contribution < -0.4 is 5.32 Å². The van der Waals surface area contributed by atoms with E-state index in [0.717, 1.165) is 25.5 Å². The molecule has 1 aromatic carbocycles. The van der Waals surface area contributed by atoms with Crippen molar-refractivity contribution < 1.29 is 4.74 Å². The molecule has 1 aromatic rings. The van der Waals surface area contributed by atoms with Crippen LogP contribution in [0.4, 0.5) is 0 Å². The van der Waals surface area contributed by atoms with E-state index in [4.69, 9.17) is 4.74 Å². The lowest BCUT2D eigenvalue weighted by Crippen LogP contribution is -2.23. The Hall–Kier alpha value is -0.860. The van der Waals surface area contributed by atoms with E-state index in [2.05, 4.69) is 50.4 Å². The molecule has 20 heavy (non-hydrogen) atoms. The molecule has 1 aliphatic heterocycles. The third kappa shape index (κ3) is 4.92. The van der Waals surface area contributed by atoms with E-state index in [1.807, 2.05) is 0 Å². The maximum Gasteiger partial charge on any atom is 0.0588 e. The SMILES string of the molecule is CC(C)Cc1ccc(C(C)NCCC2CCCO2)cc1. The highest BCUT2D eigenvalue weighted by atomic mass is 16.5. The van der Waals surface area contributed by atoms with Gasteiger partial charge in [-0.3, -0.25) is 0 Å². The topological polar surface area (TPSA) is 21.3 Å². The fourth-order valence-corrected chi connectivity index (χ4v) is 2.86. The standard InChI is InChI=1S/C18H29NO/c1-14(2)13-16-6-8-17(9-7-16)15(3)19-11-10-18-5-4-12-20-18/h6-9,14-15,18-19H,4-5,10-13H2,1-3H3. The third-order valence-electron chi connectivity index (χ3n) is 4.06. The van der Waals surface area contributed by atoms with Gasteiger partial charge in [-0.05, 0) is 56.2 Å². The van der Waals surface area contributed by atoms with Gasteiger partial charge < -0.3 is 10.1 Å². The smallest absolute Gasteiger partial charge is 0.0588 e. The van der Waals surface area contributed by atoms with Gasteiger partial charge in [0.05, 0.1) is 6.10 Å². The zero-order chi connectivity index (χ0) is 14.4. The number of hydrogen-bond acceptors (Lipinski definition) is 2. The Balaban J connectivity index is 1.75. The van der Waals surface area contributed by atoms with Crippen LogP contribution in [0.1, 0.15) is 57.2 Å². The van der Waals surface area contributed by atoms with Gasteiger partial charge in [-0.25, -0.2) is 0 Å². The van der Waals surface area contributed by atoms with Crippen molar-refractivity contribution in [3.8, 4) is 0 Å². The van der Waals surface area contributed by atoms with Crippen LogP contribution in [-0.4, -0.2) is 19.3 Å². The molecule has 1 heterocycles. The first-order valence-electron chi connectivity index (χ1n) is 8.09. The molecule has 2 heteroatoms. The van der Waals surface area contributed by atoms with Gasteiger partial charge in [-0.1, -0.05) is 38.1 Å². The van der Waals surface area contributed by atoms with Gasteiger partial charge in [0.15, 0.2) is 0 Å². The van der Waals surface area contributed by atoms with Crippen LogP contribution in [0.3, 0.4) is 0 Å². The summed E-state index contributed by atoms with van der Waals surface area (Å²) in [7, 11) is 0. The number of benzene rings is 1. The molecule has 2 atom stereocenters. The molecule has 1 fully saturated rings. The molecule has 2 unspecified atom stereocenters. The molecule has 0 aromatic heterocycles. The monoisotopic (exact) mass is 275 g/mol. The Kier molecular flexibility index (Phi) is 6.06. The summed E-state index contributed by atoms with van der Waals surface area (Å²) in [4.78, 5) is 0. The highest BCUT2D eigenvalue weighted by Gasteiger charge is 2.15. The summed E-state index contributed by atoms with van der Waals surface area (Å²) in [6, 6.07) is 9.49. The van der Waals surface area contributed by atoms with Crippen molar-refractivity contribution in [1.29, 1.82) is 0 Å². The van der Waals surface area contributed by atoms with E-state index in [-0.39, 0.29) is 0 Å². The summed E-state index contributed by atoms with van der Waals surface area (Å²) in [5, 5.41) is 3.61. The van der Waals surface area contributed by atoms with Crippen molar-refractivity contribution in [2.24, 2.45) is 5.92 Å². The molecule has 0 radical (unpaired) electrons. The summed E-state index contributed by atoms with van der Waals surface area (Å²) >= 11 is 0. The fraction of sp³-hybridized carbons (Fsp3) is 0.667. The lowest BCUT2D eigenvalue weighted by atomic mass is 10.00. The van der Waals surface area contributed by atoms with Crippen LogP contribution in [0.2, 0.25) is 0 Å². The minimum Gasteiger partial charge on any atom is -0.378 e. The van der Waals surface area contributed by atoms with Crippen molar-refractivity contribution in [2.75, 3.05) is 13.2 Å². The largest absolute Gasteiger partial charge is 0.378 e. The van der Waals surface area contributed by atoms with E-state index in [1.165, 1.54) is 30.4 Å². The molecular formula is C18H29NO. The molecule has 1 N–H and O–H groups in total. The summed E-state index contributed by atoms with van der Waals surface area (Å²) in [5.74, 6) is 0.725. The minimum absolute atomic E-state index is 0.421. The van der Waals surface area contributed by atoms with E-state index < -0.39 is 0 Å². The first kappa shape index (κ1) is 15.5. The van der Waals surface area contributed by atoms with Gasteiger partial charge in [0, 0.05) is 12.6 Å². The van der Waals surface area contributed by atoms with E-state index >= 15 is 0 Å². The van der Waals surface area contributed by atoms with Gasteiger partial charge in [-0.15, -0.1) is 0 Å². The molecule has 0 saturated carbocycles. The Bertz CT molecular complexity index is 379. The van der Waals surface area contributed by atoms with E-state index in [1.54, 1.807) is 0 Å². The zero-order valence-electron chi connectivity index (χ0n) is 13.2. The first-order valence-corrected chi connectivity index (χ1v) is 8.09. The van der Waals surface area contributed by atoms with Gasteiger partial charge in [-0.2, -0.15) is 0 Å². The highest BCUT2D eigenvalue weighted by molar-refractivity contribution is 5.25. The lowest BCUT2D eigenvalue weighted by molar-refractivity contribution is 0.103. The Labute approximate surface area is 123 Å². The van der Waals surface area contributed by atoms with Crippen LogP contribution in [0.5, 0.6) is 0 Å². The predicted molar refractivity (Wildman–Crippen MR) is 85.0 cm³/mol. The van der Waals surface area contributed by atoms with Gasteiger partial charge in [0.1, 0.15) is 0 Å². The average molecular weight is 275 g/mol. The van der Waals surface area contributed by atoms with Crippen molar-refractivity contribution in [1.82, 2.24) is 5.32 Å². The van der Waals surface area contributed by atoms with Gasteiger partial charge in [0.25, 0.3) is 0 Å².